The van der Waals surface area contributed by atoms with Crippen LogP contribution >= 0.6 is 0 Å². The molecule has 0 spiro atoms. The predicted octanol–water partition coefficient (Wildman–Crippen LogP) is 1.61. The lowest BCUT2D eigenvalue weighted by molar-refractivity contribution is -0.0415. The van der Waals surface area contributed by atoms with Gasteiger partial charge in [0.1, 0.15) is 5.54 Å². The van der Waals surface area contributed by atoms with Crippen LogP contribution in [0.1, 0.15) is 38.5 Å². The van der Waals surface area contributed by atoms with E-state index >= 15 is 0 Å². The molecular formula is C13H22N2O2. The maximum Gasteiger partial charge on any atom is 0.109 e. The van der Waals surface area contributed by atoms with Crippen LogP contribution in [0.25, 0.3) is 0 Å². The highest BCUT2D eigenvalue weighted by molar-refractivity contribution is 5.09. The van der Waals surface area contributed by atoms with Crippen LogP contribution in [0.15, 0.2) is 0 Å². The highest BCUT2D eigenvalue weighted by Gasteiger charge is 2.36. The standard InChI is InChI=1S/C13H22N2O2/c1-15-13(10-14)6-2-4-11(8-13)17-9-12-5-3-7-16-12/h11-12,15H,2-9H2,1H3. The van der Waals surface area contributed by atoms with Gasteiger partial charge < -0.3 is 14.8 Å². The molecule has 2 aliphatic rings. The van der Waals surface area contributed by atoms with E-state index in [4.69, 9.17) is 9.47 Å². The van der Waals surface area contributed by atoms with Crippen LogP contribution in [0.4, 0.5) is 0 Å². The summed E-state index contributed by atoms with van der Waals surface area (Å²) in [5.41, 5.74) is -0.376. The van der Waals surface area contributed by atoms with Gasteiger partial charge in [0.2, 0.25) is 0 Å². The lowest BCUT2D eigenvalue weighted by Crippen LogP contribution is -2.47. The summed E-state index contributed by atoms with van der Waals surface area (Å²) in [6.45, 7) is 1.56. The minimum absolute atomic E-state index is 0.208. The number of nitrogens with zero attached hydrogens (tertiary/aromatic N) is 1. The molecule has 1 saturated heterocycles. The second kappa shape index (κ2) is 5.81. The zero-order chi connectivity index (χ0) is 12.1. The molecule has 1 heterocycles. The number of hydrogen-bond donors (Lipinski definition) is 1. The van der Waals surface area contributed by atoms with E-state index < -0.39 is 0 Å². The van der Waals surface area contributed by atoms with Crippen molar-refractivity contribution in [1.29, 1.82) is 5.26 Å². The van der Waals surface area contributed by atoms with Gasteiger partial charge in [-0.2, -0.15) is 5.26 Å². The summed E-state index contributed by atoms with van der Waals surface area (Å²) in [7, 11) is 1.87. The Morgan fingerprint density at radius 3 is 3.00 bits per heavy atom. The van der Waals surface area contributed by atoms with Crippen LogP contribution in [-0.4, -0.2) is 38.0 Å². The van der Waals surface area contributed by atoms with Gasteiger partial charge in [-0.25, -0.2) is 0 Å². The monoisotopic (exact) mass is 238 g/mol. The van der Waals surface area contributed by atoms with E-state index in [0.717, 1.165) is 45.1 Å². The fourth-order valence-electron chi connectivity index (χ4n) is 2.77. The Bertz CT molecular complexity index is 284. The fourth-order valence-corrected chi connectivity index (χ4v) is 2.77. The van der Waals surface area contributed by atoms with E-state index in [-0.39, 0.29) is 17.7 Å². The van der Waals surface area contributed by atoms with Crippen molar-refractivity contribution < 1.29 is 9.47 Å². The first-order chi connectivity index (χ1) is 8.28. The molecule has 2 rings (SSSR count). The van der Waals surface area contributed by atoms with Gasteiger partial charge in [0, 0.05) is 13.0 Å². The molecule has 3 unspecified atom stereocenters. The Kier molecular flexibility index (Phi) is 4.38. The Labute approximate surface area is 103 Å². The molecule has 1 N–H and O–H groups in total. The molecule has 0 aromatic rings. The summed E-state index contributed by atoms with van der Waals surface area (Å²) in [4.78, 5) is 0. The topological polar surface area (TPSA) is 54.3 Å². The number of nitriles is 1. The molecule has 1 aliphatic heterocycles. The lowest BCUT2D eigenvalue weighted by atomic mass is 9.81. The van der Waals surface area contributed by atoms with E-state index in [9.17, 15) is 5.26 Å². The van der Waals surface area contributed by atoms with Gasteiger partial charge in [0.25, 0.3) is 0 Å². The van der Waals surface area contributed by atoms with Gasteiger partial charge in [0.15, 0.2) is 0 Å². The molecule has 96 valence electrons. The van der Waals surface area contributed by atoms with E-state index in [2.05, 4.69) is 11.4 Å². The molecular weight excluding hydrogens is 216 g/mol. The van der Waals surface area contributed by atoms with Crippen LogP contribution in [0.5, 0.6) is 0 Å². The van der Waals surface area contributed by atoms with Crippen LogP contribution in [-0.2, 0) is 9.47 Å². The van der Waals surface area contributed by atoms with Crippen molar-refractivity contribution in [3.8, 4) is 6.07 Å². The number of ether oxygens (including phenoxy) is 2. The van der Waals surface area contributed by atoms with Crippen molar-refractivity contribution in [3.05, 3.63) is 0 Å². The van der Waals surface area contributed by atoms with Crippen molar-refractivity contribution in [1.82, 2.24) is 5.32 Å². The first-order valence-corrected chi connectivity index (χ1v) is 6.61. The Morgan fingerprint density at radius 1 is 1.47 bits per heavy atom. The maximum atomic E-state index is 9.25. The minimum Gasteiger partial charge on any atom is -0.376 e. The highest BCUT2D eigenvalue weighted by Crippen LogP contribution is 2.29. The van der Waals surface area contributed by atoms with Crippen molar-refractivity contribution in [2.75, 3.05) is 20.3 Å². The molecule has 1 saturated carbocycles. The number of nitrogens with one attached hydrogen (secondary N) is 1. The molecule has 1 aliphatic carbocycles. The Morgan fingerprint density at radius 2 is 2.35 bits per heavy atom. The molecule has 0 aromatic heterocycles. The average Bonchev–Trinajstić information content (AvgIpc) is 2.90. The van der Waals surface area contributed by atoms with Gasteiger partial charge in [-0.1, -0.05) is 0 Å². The van der Waals surface area contributed by atoms with Crippen molar-refractivity contribution in [2.24, 2.45) is 0 Å². The molecule has 0 aromatic carbocycles. The second-order valence-electron chi connectivity index (χ2n) is 5.13. The lowest BCUT2D eigenvalue weighted by Gasteiger charge is -2.35. The molecule has 0 amide bonds. The molecule has 0 bridgehead atoms. The third-order valence-electron chi connectivity index (χ3n) is 3.94. The molecule has 2 fully saturated rings. The van der Waals surface area contributed by atoms with Crippen LogP contribution in [0, 0.1) is 11.3 Å². The summed E-state index contributed by atoms with van der Waals surface area (Å²) in [6.07, 6.45) is 6.61. The zero-order valence-electron chi connectivity index (χ0n) is 10.6. The quantitative estimate of drug-likeness (QED) is 0.808. The summed E-state index contributed by atoms with van der Waals surface area (Å²) < 4.78 is 11.5. The molecule has 3 atom stereocenters. The van der Waals surface area contributed by atoms with E-state index in [1.54, 1.807) is 0 Å². The summed E-state index contributed by atoms with van der Waals surface area (Å²) in [6, 6.07) is 2.40. The summed E-state index contributed by atoms with van der Waals surface area (Å²) >= 11 is 0. The zero-order valence-corrected chi connectivity index (χ0v) is 10.6. The highest BCUT2D eigenvalue weighted by atomic mass is 16.5. The van der Waals surface area contributed by atoms with Crippen LogP contribution in [0.3, 0.4) is 0 Å². The smallest absolute Gasteiger partial charge is 0.109 e. The first kappa shape index (κ1) is 12.8. The summed E-state index contributed by atoms with van der Waals surface area (Å²) in [5, 5.41) is 12.4. The molecule has 17 heavy (non-hydrogen) atoms. The van der Waals surface area contributed by atoms with Crippen molar-refractivity contribution in [2.45, 2.75) is 56.3 Å². The summed E-state index contributed by atoms with van der Waals surface area (Å²) in [5.74, 6) is 0. The van der Waals surface area contributed by atoms with Crippen LogP contribution < -0.4 is 5.32 Å². The number of hydrogen-bond acceptors (Lipinski definition) is 4. The van der Waals surface area contributed by atoms with E-state index in [1.807, 2.05) is 7.05 Å². The van der Waals surface area contributed by atoms with Gasteiger partial charge in [-0.15, -0.1) is 0 Å². The minimum atomic E-state index is -0.376. The fraction of sp³-hybridized carbons (Fsp3) is 0.923. The third kappa shape index (κ3) is 3.19. The predicted molar refractivity (Wildman–Crippen MR) is 64.6 cm³/mol. The normalized spacial score (nSPS) is 37.9. The van der Waals surface area contributed by atoms with Crippen molar-refractivity contribution >= 4 is 0 Å². The molecule has 4 nitrogen and oxygen atoms in total. The van der Waals surface area contributed by atoms with E-state index in [0.29, 0.717) is 6.61 Å². The van der Waals surface area contributed by atoms with Crippen molar-refractivity contribution in [3.63, 3.8) is 0 Å². The van der Waals surface area contributed by atoms with Gasteiger partial charge >= 0.3 is 0 Å². The van der Waals surface area contributed by atoms with E-state index in [1.165, 1.54) is 0 Å². The van der Waals surface area contributed by atoms with Gasteiger partial charge in [-0.05, 0) is 39.2 Å². The number of rotatable bonds is 4. The largest absolute Gasteiger partial charge is 0.376 e. The first-order valence-electron chi connectivity index (χ1n) is 6.61. The molecule has 0 radical (unpaired) electrons. The average molecular weight is 238 g/mol. The van der Waals surface area contributed by atoms with Crippen LogP contribution in [0.2, 0.25) is 0 Å². The van der Waals surface area contributed by atoms with Gasteiger partial charge in [-0.3, -0.25) is 0 Å². The third-order valence-corrected chi connectivity index (χ3v) is 3.94. The second-order valence-corrected chi connectivity index (χ2v) is 5.13. The Balaban J connectivity index is 1.79. The SMILES string of the molecule is CNC1(C#N)CCCC(OCC2CCCO2)C1. The maximum absolute atomic E-state index is 9.25. The van der Waals surface area contributed by atoms with Gasteiger partial charge in [0.05, 0.1) is 24.9 Å². The Hall–Kier alpha value is -0.630. The molecule has 4 heteroatoms.